The maximum Gasteiger partial charge on any atom is 0.0467 e. The van der Waals surface area contributed by atoms with E-state index in [0.29, 0.717) is 0 Å². The van der Waals surface area contributed by atoms with Gasteiger partial charge in [0.25, 0.3) is 0 Å². The first-order valence-electron chi connectivity index (χ1n) is 17.7. The monoisotopic (exact) mass is 669 g/mol. The van der Waals surface area contributed by atoms with Crippen molar-refractivity contribution in [3.63, 3.8) is 0 Å². The van der Waals surface area contributed by atoms with Crippen molar-refractivity contribution < 1.29 is 0 Å². The molecule has 0 spiro atoms. The Morgan fingerprint density at radius 2 is 1.06 bits per heavy atom. The van der Waals surface area contributed by atoms with Gasteiger partial charge < -0.3 is 4.90 Å². The fourth-order valence-electron chi connectivity index (χ4n) is 8.23. The van der Waals surface area contributed by atoms with Crippen LogP contribution >= 0.6 is 11.3 Å². The molecule has 0 saturated heterocycles. The minimum absolute atomic E-state index is 0.0852. The Balaban J connectivity index is 1.11. The highest BCUT2D eigenvalue weighted by Gasteiger charge is 2.35. The van der Waals surface area contributed by atoms with E-state index in [1.165, 1.54) is 75.5 Å². The van der Waals surface area contributed by atoms with Crippen LogP contribution in [0.4, 0.5) is 17.1 Å². The molecule has 0 amide bonds. The van der Waals surface area contributed by atoms with E-state index < -0.39 is 0 Å². The van der Waals surface area contributed by atoms with Crippen LogP contribution in [0.5, 0.6) is 0 Å². The Labute approximate surface area is 302 Å². The van der Waals surface area contributed by atoms with Gasteiger partial charge in [-0.05, 0) is 104 Å². The highest BCUT2D eigenvalue weighted by atomic mass is 32.1. The molecule has 9 aromatic rings. The van der Waals surface area contributed by atoms with Crippen molar-refractivity contribution in [2.75, 3.05) is 4.90 Å². The van der Waals surface area contributed by atoms with Crippen LogP contribution in [0, 0.1) is 0 Å². The molecule has 1 aliphatic rings. The predicted octanol–water partition coefficient (Wildman–Crippen LogP) is 14.3. The Morgan fingerprint density at radius 3 is 1.90 bits per heavy atom. The Hall–Kier alpha value is -5.96. The van der Waals surface area contributed by atoms with Gasteiger partial charge in [-0.15, -0.1) is 11.3 Å². The quantitative estimate of drug-likeness (QED) is 0.176. The second kappa shape index (κ2) is 11.6. The summed E-state index contributed by atoms with van der Waals surface area (Å²) in [5.41, 5.74) is 13.7. The third-order valence-corrected chi connectivity index (χ3v) is 12.0. The van der Waals surface area contributed by atoms with Crippen molar-refractivity contribution in [3.8, 4) is 33.4 Å². The van der Waals surface area contributed by atoms with Gasteiger partial charge in [-0.25, -0.2) is 0 Å². The van der Waals surface area contributed by atoms with E-state index in [2.05, 4.69) is 195 Å². The first-order chi connectivity index (χ1) is 25.0. The molecular formula is C49H35NS. The number of nitrogens with zero attached hydrogens (tertiary/aromatic N) is 1. The van der Waals surface area contributed by atoms with Crippen LogP contribution in [0.3, 0.4) is 0 Å². The van der Waals surface area contributed by atoms with Crippen molar-refractivity contribution >= 4 is 59.3 Å². The Kier molecular flexibility index (Phi) is 6.78. The van der Waals surface area contributed by atoms with Crippen LogP contribution in [-0.4, -0.2) is 0 Å². The second-order valence-corrected chi connectivity index (χ2v) is 15.2. The zero-order valence-electron chi connectivity index (χ0n) is 28.6. The number of rotatable bonds is 5. The molecule has 10 rings (SSSR count). The van der Waals surface area contributed by atoms with Crippen LogP contribution in [0.15, 0.2) is 176 Å². The van der Waals surface area contributed by atoms with Crippen molar-refractivity contribution in [2.45, 2.75) is 19.3 Å². The lowest BCUT2D eigenvalue weighted by Gasteiger charge is -2.28. The van der Waals surface area contributed by atoms with Gasteiger partial charge in [0.2, 0.25) is 0 Å². The van der Waals surface area contributed by atoms with Gasteiger partial charge >= 0.3 is 0 Å². The third-order valence-electron chi connectivity index (χ3n) is 10.8. The van der Waals surface area contributed by atoms with Crippen molar-refractivity contribution in [2.24, 2.45) is 0 Å². The summed E-state index contributed by atoms with van der Waals surface area (Å²) in [5, 5.41) is 5.23. The summed E-state index contributed by atoms with van der Waals surface area (Å²) in [4.78, 5) is 2.42. The van der Waals surface area contributed by atoms with E-state index in [9.17, 15) is 0 Å². The molecule has 1 nitrogen and oxygen atoms in total. The summed E-state index contributed by atoms with van der Waals surface area (Å²) >= 11 is 1.90. The summed E-state index contributed by atoms with van der Waals surface area (Å²) < 4.78 is 2.67. The minimum atomic E-state index is -0.0852. The van der Waals surface area contributed by atoms with Crippen LogP contribution in [0.2, 0.25) is 0 Å². The second-order valence-electron chi connectivity index (χ2n) is 14.2. The molecule has 0 fully saturated rings. The zero-order valence-corrected chi connectivity index (χ0v) is 29.4. The summed E-state index contributed by atoms with van der Waals surface area (Å²) in [6.45, 7) is 4.71. The van der Waals surface area contributed by atoms with Crippen LogP contribution < -0.4 is 4.90 Å². The topological polar surface area (TPSA) is 3.24 Å². The summed E-state index contributed by atoms with van der Waals surface area (Å²) in [7, 11) is 0. The normalized spacial score (nSPS) is 13.1. The number of thiophene rings is 1. The average Bonchev–Trinajstić information content (AvgIpc) is 3.66. The Bertz CT molecular complexity index is 2770. The number of hydrogen-bond donors (Lipinski definition) is 0. The van der Waals surface area contributed by atoms with E-state index in [4.69, 9.17) is 0 Å². The number of anilines is 3. The zero-order chi connectivity index (χ0) is 34.1. The first-order valence-corrected chi connectivity index (χ1v) is 18.5. The largest absolute Gasteiger partial charge is 0.310 e. The smallest absolute Gasteiger partial charge is 0.0467 e. The van der Waals surface area contributed by atoms with E-state index in [1.54, 1.807) is 0 Å². The van der Waals surface area contributed by atoms with Crippen LogP contribution in [-0.2, 0) is 5.41 Å². The van der Waals surface area contributed by atoms with Gasteiger partial charge in [0.15, 0.2) is 0 Å². The molecule has 0 saturated carbocycles. The molecule has 0 radical (unpaired) electrons. The molecule has 1 heterocycles. The lowest BCUT2D eigenvalue weighted by molar-refractivity contribution is 0.660. The molecule has 51 heavy (non-hydrogen) atoms. The number of benzene rings is 8. The minimum Gasteiger partial charge on any atom is -0.310 e. The number of fused-ring (bicyclic) bond motifs is 7. The summed E-state index contributed by atoms with van der Waals surface area (Å²) in [5.74, 6) is 0. The van der Waals surface area contributed by atoms with E-state index in [-0.39, 0.29) is 5.41 Å². The van der Waals surface area contributed by atoms with Crippen molar-refractivity contribution in [1.82, 2.24) is 0 Å². The van der Waals surface area contributed by atoms with E-state index in [0.717, 1.165) is 17.1 Å². The van der Waals surface area contributed by atoms with Crippen LogP contribution in [0.25, 0.3) is 64.3 Å². The SMILES string of the molecule is CC1(C)c2ccccc2-c2ccc(N(c3ccc(-c4cccc5c4sc4cc6ccccc6cc45)cc3)c3cccc(-c4ccccc4)c3)cc21. The average molecular weight is 670 g/mol. The molecule has 0 unspecified atom stereocenters. The molecule has 8 aromatic carbocycles. The lowest BCUT2D eigenvalue weighted by Crippen LogP contribution is -2.16. The van der Waals surface area contributed by atoms with Crippen LogP contribution in [0.1, 0.15) is 25.0 Å². The van der Waals surface area contributed by atoms with Gasteiger partial charge in [0.1, 0.15) is 0 Å². The van der Waals surface area contributed by atoms with Gasteiger partial charge in [0.05, 0.1) is 0 Å². The summed E-state index contributed by atoms with van der Waals surface area (Å²) in [6, 6.07) is 64.8. The van der Waals surface area contributed by atoms with E-state index in [1.807, 2.05) is 11.3 Å². The molecule has 0 atom stereocenters. The molecule has 0 N–H and O–H groups in total. The highest BCUT2D eigenvalue weighted by Crippen LogP contribution is 2.51. The lowest BCUT2D eigenvalue weighted by atomic mass is 9.82. The molecule has 1 aliphatic carbocycles. The fourth-order valence-corrected chi connectivity index (χ4v) is 9.50. The van der Waals surface area contributed by atoms with Crippen molar-refractivity contribution in [1.29, 1.82) is 0 Å². The maximum absolute atomic E-state index is 2.42. The Morgan fingerprint density at radius 1 is 0.412 bits per heavy atom. The van der Waals surface area contributed by atoms with E-state index >= 15 is 0 Å². The molecule has 1 aromatic heterocycles. The molecular weight excluding hydrogens is 635 g/mol. The third kappa shape index (κ3) is 4.82. The van der Waals surface area contributed by atoms with Gasteiger partial charge in [-0.2, -0.15) is 0 Å². The molecule has 242 valence electrons. The molecule has 0 aliphatic heterocycles. The highest BCUT2D eigenvalue weighted by molar-refractivity contribution is 7.26. The fraction of sp³-hybridized carbons (Fsp3) is 0.0612. The van der Waals surface area contributed by atoms with Gasteiger partial charge in [-0.3, -0.25) is 0 Å². The summed E-state index contributed by atoms with van der Waals surface area (Å²) in [6.07, 6.45) is 0. The van der Waals surface area contributed by atoms with Crippen molar-refractivity contribution in [3.05, 3.63) is 187 Å². The van der Waals surface area contributed by atoms with Gasteiger partial charge in [0, 0.05) is 42.6 Å². The predicted molar refractivity (Wildman–Crippen MR) is 220 cm³/mol. The first kappa shape index (κ1) is 29.9. The number of hydrogen-bond acceptors (Lipinski definition) is 2. The maximum atomic E-state index is 2.42. The standard InChI is InChI=1S/C49H35NS/c1-49(2)45-21-9-8-18-41(45)42-27-26-39(31-46(42)49)50(38-17-10-16-34(28-38)32-12-4-3-5-13-32)37-24-22-33(23-25-37)40-19-11-20-43-44-29-35-14-6-7-15-36(35)30-47(44)51-48(40)43/h3-31H,1-2H3. The molecule has 2 heteroatoms. The van der Waals surface area contributed by atoms with Gasteiger partial charge in [-0.1, -0.05) is 141 Å². The molecule has 0 bridgehead atoms.